The van der Waals surface area contributed by atoms with Crippen LogP contribution < -0.4 is 10.1 Å². The molecule has 0 unspecified atom stereocenters. The summed E-state index contributed by atoms with van der Waals surface area (Å²) in [7, 11) is 0. The molecule has 1 aliphatic heterocycles. The molecule has 104 valence electrons. The first-order valence-corrected chi connectivity index (χ1v) is 6.60. The monoisotopic (exact) mass is 264 g/mol. The number of ether oxygens (including phenoxy) is 1. The maximum absolute atomic E-state index is 11.9. The molecule has 0 atom stereocenters. The third kappa shape index (κ3) is 4.22. The van der Waals surface area contributed by atoms with Crippen molar-refractivity contribution in [3.63, 3.8) is 0 Å². The Morgan fingerprint density at radius 3 is 2.58 bits per heavy atom. The standard InChI is InChI=1S/C14H20N2O3/c17-10-5-12-1-3-13(4-2-12)19-11-14(18)16-8-6-15-7-9-16/h1-4,15,17H,5-11H2. The Bertz CT molecular complexity index is 400. The molecule has 1 heterocycles. The normalized spacial score (nSPS) is 15.3. The number of carbonyl (C=O) groups is 1. The van der Waals surface area contributed by atoms with Gasteiger partial charge in [0, 0.05) is 32.8 Å². The van der Waals surface area contributed by atoms with Crippen LogP contribution in [0.25, 0.3) is 0 Å². The van der Waals surface area contributed by atoms with Gasteiger partial charge in [-0.25, -0.2) is 0 Å². The lowest BCUT2D eigenvalue weighted by Crippen LogP contribution is -2.47. The van der Waals surface area contributed by atoms with E-state index < -0.39 is 0 Å². The Morgan fingerprint density at radius 2 is 1.95 bits per heavy atom. The van der Waals surface area contributed by atoms with Crippen molar-refractivity contribution in [2.45, 2.75) is 6.42 Å². The van der Waals surface area contributed by atoms with Crippen molar-refractivity contribution >= 4 is 5.91 Å². The Kier molecular flexibility index (Phi) is 5.18. The smallest absolute Gasteiger partial charge is 0.260 e. The van der Waals surface area contributed by atoms with Gasteiger partial charge in [0.2, 0.25) is 0 Å². The lowest BCUT2D eigenvalue weighted by molar-refractivity contribution is -0.133. The van der Waals surface area contributed by atoms with Gasteiger partial charge in [-0.3, -0.25) is 4.79 Å². The molecule has 0 saturated carbocycles. The number of aliphatic hydroxyl groups is 1. The highest BCUT2D eigenvalue weighted by Crippen LogP contribution is 2.12. The number of nitrogens with zero attached hydrogens (tertiary/aromatic N) is 1. The van der Waals surface area contributed by atoms with Gasteiger partial charge in [0.1, 0.15) is 5.75 Å². The van der Waals surface area contributed by atoms with Crippen molar-refractivity contribution in [3.05, 3.63) is 29.8 Å². The molecular formula is C14H20N2O3. The van der Waals surface area contributed by atoms with Crippen LogP contribution in [0.5, 0.6) is 5.75 Å². The number of amides is 1. The summed E-state index contributed by atoms with van der Waals surface area (Å²) >= 11 is 0. The van der Waals surface area contributed by atoms with E-state index in [0.29, 0.717) is 12.2 Å². The second-order valence-electron chi connectivity index (χ2n) is 4.54. The van der Waals surface area contributed by atoms with Crippen molar-refractivity contribution in [2.75, 3.05) is 39.4 Å². The zero-order valence-electron chi connectivity index (χ0n) is 11.0. The van der Waals surface area contributed by atoms with Crippen molar-refractivity contribution in [3.8, 4) is 5.75 Å². The van der Waals surface area contributed by atoms with Crippen LogP contribution in [0, 0.1) is 0 Å². The van der Waals surface area contributed by atoms with E-state index in [0.717, 1.165) is 31.7 Å². The number of rotatable bonds is 5. The van der Waals surface area contributed by atoms with E-state index >= 15 is 0 Å². The minimum Gasteiger partial charge on any atom is -0.484 e. The minimum absolute atomic E-state index is 0.0286. The highest BCUT2D eigenvalue weighted by atomic mass is 16.5. The maximum atomic E-state index is 11.9. The first-order chi connectivity index (χ1) is 9.29. The first kappa shape index (κ1) is 13.8. The third-order valence-corrected chi connectivity index (χ3v) is 3.16. The second kappa shape index (κ2) is 7.11. The lowest BCUT2D eigenvalue weighted by atomic mass is 10.1. The van der Waals surface area contributed by atoms with E-state index in [4.69, 9.17) is 9.84 Å². The van der Waals surface area contributed by atoms with Gasteiger partial charge in [0.25, 0.3) is 5.91 Å². The van der Waals surface area contributed by atoms with Crippen molar-refractivity contribution in [1.29, 1.82) is 0 Å². The molecular weight excluding hydrogens is 244 g/mol. The highest BCUT2D eigenvalue weighted by molar-refractivity contribution is 5.77. The average molecular weight is 264 g/mol. The van der Waals surface area contributed by atoms with Gasteiger partial charge in [0.15, 0.2) is 6.61 Å². The van der Waals surface area contributed by atoms with Crippen molar-refractivity contribution in [2.24, 2.45) is 0 Å². The molecule has 0 spiro atoms. The zero-order valence-corrected chi connectivity index (χ0v) is 11.0. The topological polar surface area (TPSA) is 61.8 Å². The average Bonchev–Trinajstić information content (AvgIpc) is 2.47. The number of piperazine rings is 1. The Morgan fingerprint density at radius 1 is 1.26 bits per heavy atom. The van der Waals surface area contributed by atoms with E-state index in [1.807, 2.05) is 29.2 Å². The zero-order chi connectivity index (χ0) is 13.5. The van der Waals surface area contributed by atoms with Crippen LogP contribution in [-0.2, 0) is 11.2 Å². The Labute approximate surface area is 113 Å². The highest BCUT2D eigenvalue weighted by Gasteiger charge is 2.16. The quantitative estimate of drug-likeness (QED) is 0.788. The molecule has 0 bridgehead atoms. The molecule has 19 heavy (non-hydrogen) atoms. The van der Waals surface area contributed by atoms with Gasteiger partial charge in [-0.2, -0.15) is 0 Å². The van der Waals surface area contributed by atoms with Gasteiger partial charge in [-0.05, 0) is 24.1 Å². The van der Waals surface area contributed by atoms with E-state index in [1.54, 1.807) is 0 Å². The maximum Gasteiger partial charge on any atom is 0.260 e. The Balaban J connectivity index is 1.79. The van der Waals surface area contributed by atoms with E-state index in [1.165, 1.54) is 0 Å². The summed E-state index contributed by atoms with van der Waals surface area (Å²) in [6.07, 6.45) is 0.639. The number of benzene rings is 1. The molecule has 0 aromatic heterocycles. The number of aliphatic hydroxyl groups excluding tert-OH is 1. The summed E-state index contributed by atoms with van der Waals surface area (Å²) in [4.78, 5) is 13.7. The predicted molar refractivity (Wildman–Crippen MR) is 72.2 cm³/mol. The lowest BCUT2D eigenvalue weighted by Gasteiger charge is -2.27. The first-order valence-electron chi connectivity index (χ1n) is 6.60. The molecule has 1 aliphatic rings. The van der Waals surface area contributed by atoms with Gasteiger partial charge in [0.05, 0.1) is 0 Å². The largest absolute Gasteiger partial charge is 0.484 e. The second-order valence-corrected chi connectivity index (χ2v) is 4.54. The molecule has 2 rings (SSSR count). The molecule has 1 aromatic rings. The summed E-state index contributed by atoms with van der Waals surface area (Å²) in [5.74, 6) is 0.714. The van der Waals surface area contributed by atoms with Crippen molar-refractivity contribution < 1.29 is 14.6 Å². The van der Waals surface area contributed by atoms with Gasteiger partial charge < -0.3 is 20.1 Å². The van der Waals surface area contributed by atoms with Crippen LogP contribution in [0.3, 0.4) is 0 Å². The summed E-state index contributed by atoms with van der Waals surface area (Å²) < 4.78 is 5.48. The van der Waals surface area contributed by atoms with Gasteiger partial charge in [-0.15, -0.1) is 0 Å². The van der Waals surface area contributed by atoms with E-state index in [-0.39, 0.29) is 19.1 Å². The fourth-order valence-corrected chi connectivity index (χ4v) is 2.03. The number of carbonyl (C=O) groups excluding carboxylic acids is 1. The minimum atomic E-state index is 0.0286. The van der Waals surface area contributed by atoms with Gasteiger partial charge in [-0.1, -0.05) is 12.1 Å². The molecule has 1 aromatic carbocycles. The molecule has 0 radical (unpaired) electrons. The van der Waals surface area contributed by atoms with Crippen LogP contribution >= 0.6 is 0 Å². The predicted octanol–water partition coefficient (Wildman–Crippen LogP) is 0.0320. The fraction of sp³-hybridized carbons (Fsp3) is 0.500. The molecule has 1 saturated heterocycles. The molecule has 5 heteroatoms. The van der Waals surface area contributed by atoms with Gasteiger partial charge >= 0.3 is 0 Å². The van der Waals surface area contributed by atoms with E-state index in [2.05, 4.69) is 5.32 Å². The summed E-state index contributed by atoms with van der Waals surface area (Å²) in [6, 6.07) is 7.47. The number of nitrogens with one attached hydrogen (secondary N) is 1. The molecule has 1 amide bonds. The van der Waals surface area contributed by atoms with Crippen LogP contribution in [-0.4, -0.2) is 55.3 Å². The number of hydrogen-bond donors (Lipinski definition) is 2. The van der Waals surface area contributed by atoms with E-state index in [9.17, 15) is 4.79 Å². The van der Waals surface area contributed by atoms with Crippen LogP contribution in [0.2, 0.25) is 0 Å². The summed E-state index contributed by atoms with van der Waals surface area (Å²) in [5, 5.41) is 12.0. The Hall–Kier alpha value is -1.59. The third-order valence-electron chi connectivity index (χ3n) is 3.16. The molecule has 1 fully saturated rings. The molecule has 0 aliphatic carbocycles. The number of hydrogen-bond acceptors (Lipinski definition) is 4. The molecule has 5 nitrogen and oxygen atoms in total. The molecule has 2 N–H and O–H groups in total. The fourth-order valence-electron chi connectivity index (χ4n) is 2.03. The van der Waals surface area contributed by atoms with Crippen LogP contribution in [0.1, 0.15) is 5.56 Å². The van der Waals surface area contributed by atoms with Crippen LogP contribution in [0.15, 0.2) is 24.3 Å². The van der Waals surface area contributed by atoms with Crippen LogP contribution in [0.4, 0.5) is 0 Å². The SMILES string of the molecule is O=C(COc1ccc(CCO)cc1)N1CCNCC1. The summed E-state index contributed by atoms with van der Waals surface area (Å²) in [6.45, 7) is 3.42. The van der Waals surface area contributed by atoms with Crippen molar-refractivity contribution in [1.82, 2.24) is 10.2 Å². The summed E-state index contributed by atoms with van der Waals surface area (Å²) in [5.41, 5.74) is 1.06.